The molecule has 0 aliphatic carbocycles. The zero-order valence-electron chi connectivity index (χ0n) is 9.97. The first-order valence-electron chi connectivity index (χ1n) is 5.57. The summed E-state index contributed by atoms with van der Waals surface area (Å²) in [6.07, 6.45) is 1.74. The molecule has 1 aromatic heterocycles. The lowest BCUT2D eigenvalue weighted by atomic mass is 10.2. The highest BCUT2D eigenvalue weighted by atomic mass is 16.5. The van der Waals surface area contributed by atoms with Crippen LogP contribution < -0.4 is 10.1 Å². The minimum absolute atomic E-state index is 0.654. The molecule has 0 unspecified atom stereocenters. The van der Waals surface area contributed by atoms with E-state index < -0.39 is 0 Å². The molecule has 2 rings (SSSR count). The molecule has 4 heteroatoms. The molecule has 4 nitrogen and oxygen atoms in total. The second kappa shape index (κ2) is 5.30. The zero-order valence-corrected chi connectivity index (χ0v) is 9.97. The lowest BCUT2D eigenvalue weighted by Gasteiger charge is -2.06. The number of hydrogen-bond donors (Lipinski definition) is 1. The van der Waals surface area contributed by atoms with Gasteiger partial charge >= 0.3 is 0 Å². The maximum Gasteiger partial charge on any atom is 0.161 e. The van der Waals surface area contributed by atoms with Crippen LogP contribution in [-0.4, -0.2) is 23.6 Å². The molecule has 0 atom stereocenters. The molecule has 0 amide bonds. The Hall–Kier alpha value is -2.10. The Balaban J connectivity index is 2.34. The van der Waals surface area contributed by atoms with Gasteiger partial charge in [0.2, 0.25) is 0 Å². The molecule has 1 N–H and O–H groups in total. The fraction of sp³-hybridized carbons (Fsp3) is 0.231. The molecule has 17 heavy (non-hydrogen) atoms. The molecular formula is C13H15N3O. The highest BCUT2D eigenvalue weighted by Crippen LogP contribution is 2.21. The Morgan fingerprint density at radius 3 is 2.94 bits per heavy atom. The van der Waals surface area contributed by atoms with Crippen molar-refractivity contribution in [2.45, 2.75) is 6.92 Å². The van der Waals surface area contributed by atoms with Crippen LogP contribution in [0.4, 0.5) is 5.82 Å². The predicted molar refractivity (Wildman–Crippen MR) is 68.2 cm³/mol. The van der Waals surface area contributed by atoms with E-state index in [0.29, 0.717) is 12.4 Å². The van der Waals surface area contributed by atoms with Gasteiger partial charge in [-0.1, -0.05) is 12.1 Å². The van der Waals surface area contributed by atoms with E-state index in [0.717, 1.165) is 17.1 Å². The smallest absolute Gasteiger partial charge is 0.161 e. The summed E-state index contributed by atoms with van der Waals surface area (Å²) in [6, 6.07) is 9.61. The third-order valence-corrected chi connectivity index (χ3v) is 2.31. The molecule has 0 aliphatic rings. The average Bonchev–Trinajstić information content (AvgIpc) is 2.40. The number of aromatic nitrogens is 2. The van der Waals surface area contributed by atoms with Crippen molar-refractivity contribution in [3.8, 4) is 17.1 Å². The Labute approximate surface area is 101 Å². The van der Waals surface area contributed by atoms with Crippen molar-refractivity contribution in [1.82, 2.24) is 9.97 Å². The van der Waals surface area contributed by atoms with Crippen molar-refractivity contribution < 1.29 is 4.74 Å². The van der Waals surface area contributed by atoms with E-state index in [-0.39, 0.29) is 0 Å². The summed E-state index contributed by atoms with van der Waals surface area (Å²) in [4.78, 5) is 8.64. The SMILES string of the molecule is CCOc1cccc(-c2nccc(NC)n2)c1. The van der Waals surface area contributed by atoms with Gasteiger partial charge in [0.05, 0.1) is 6.61 Å². The van der Waals surface area contributed by atoms with E-state index in [1.54, 1.807) is 6.20 Å². The Bertz CT molecular complexity index is 500. The van der Waals surface area contributed by atoms with Crippen molar-refractivity contribution in [3.63, 3.8) is 0 Å². The third-order valence-electron chi connectivity index (χ3n) is 2.31. The van der Waals surface area contributed by atoms with Crippen LogP contribution >= 0.6 is 0 Å². The van der Waals surface area contributed by atoms with Gasteiger partial charge in [0.25, 0.3) is 0 Å². The Morgan fingerprint density at radius 2 is 2.18 bits per heavy atom. The van der Waals surface area contributed by atoms with Crippen molar-refractivity contribution in [2.75, 3.05) is 19.0 Å². The van der Waals surface area contributed by atoms with Crippen LogP contribution in [0.1, 0.15) is 6.92 Å². The van der Waals surface area contributed by atoms with Crippen molar-refractivity contribution in [2.24, 2.45) is 0 Å². The maximum absolute atomic E-state index is 5.45. The van der Waals surface area contributed by atoms with Gasteiger partial charge in [0, 0.05) is 18.8 Å². The molecule has 0 aliphatic heterocycles. The summed E-state index contributed by atoms with van der Waals surface area (Å²) in [5, 5.41) is 2.99. The molecule has 0 radical (unpaired) electrons. The minimum atomic E-state index is 0.654. The van der Waals surface area contributed by atoms with Gasteiger partial charge in [0.1, 0.15) is 11.6 Å². The van der Waals surface area contributed by atoms with Crippen LogP contribution in [-0.2, 0) is 0 Å². The van der Waals surface area contributed by atoms with Crippen molar-refractivity contribution in [3.05, 3.63) is 36.5 Å². The third kappa shape index (κ3) is 2.72. The number of hydrogen-bond acceptors (Lipinski definition) is 4. The first-order valence-corrected chi connectivity index (χ1v) is 5.57. The van der Waals surface area contributed by atoms with E-state index >= 15 is 0 Å². The predicted octanol–water partition coefficient (Wildman–Crippen LogP) is 2.58. The largest absolute Gasteiger partial charge is 0.494 e. The van der Waals surface area contributed by atoms with Gasteiger partial charge in [-0.25, -0.2) is 9.97 Å². The molecule has 0 saturated carbocycles. The molecule has 0 saturated heterocycles. The summed E-state index contributed by atoms with van der Waals surface area (Å²) < 4.78 is 5.45. The maximum atomic E-state index is 5.45. The molecule has 1 heterocycles. The fourth-order valence-corrected chi connectivity index (χ4v) is 1.53. The summed E-state index contributed by atoms with van der Waals surface area (Å²) in [6.45, 7) is 2.62. The standard InChI is InChI=1S/C13H15N3O/c1-3-17-11-6-4-5-10(9-11)13-15-8-7-12(14-2)16-13/h4-9H,3H2,1-2H3,(H,14,15,16). The molecular weight excluding hydrogens is 214 g/mol. The molecule has 2 aromatic rings. The highest BCUT2D eigenvalue weighted by Gasteiger charge is 2.03. The number of nitrogens with zero attached hydrogens (tertiary/aromatic N) is 2. The van der Waals surface area contributed by atoms with Gasteiger partial charge in [0.15, 0.2) is 5.82 Å². The van der Waals surface area contributed by atoms with E-state index in [1.165, 1.54) is 0 Å². The Morgan fingerprint density at radius 1 is 1.29 bits per heavy atom. The van der Waals surface area contributed by atoms with Gasteiger partial charge in [-0.2, -0.15) is 0 Å². The monoisotopic (exact) mass is 229 g/mol. The number of ether oxygens (including phenoxy) is 1. The molecule has 1 aromatic carbocycles. The van der Waals surface area contributed by atoms with Crippen LogP contribution in [0.15, 0.2) is 36.5 Å². The second-order valence-corrected chi connectivity index (χ2v) is 3.48. The number of benzene rings is 1. The van der Waals surface area contributed by atoms with Crippen LogP contribution in [0.2, 0.25) is 0 Å². The minimum Gasteiger partial charge on any atom is -0.494 e. The topological polar surface area (TPSA) is 47.0 Å². The first kappa shape index (κ1) is 11.4. The van der Waals surface area contributed by atoms with Crippen molar-refractivity contribution >= 4 is 5.82 Å². The summed E-state index contributed by atoms with van der Waals surface area (Å²) in [5.74, 6) is 2.33. The van der Waals surface area contributed by atoms with Crippen molar-refractivity contribution in [1.29, 1.82) is 0 Å². The van der Waals surface area contributed by atoms with Gasteiger partial charge in [-0.3, -0.25) is 0 Å². The fourth-order valence-electron chi connectivity index (χ4n) is 1.53. The summed E-state index contributed by atoms with van der Waals surface area (Å²) in [7, 11) is 1.84. The number of rotatable bonds is 4. The number of anilines is 1. The second-order valence-electron chi connectivity index (χ2n) is 3.48. The normalized spacial score (nSPS) is 10.0. The highest BCUT2D eigenvalue weighted by molar-refractivity contribution is 5.59. The van der Waals surface area contributed by atoms with Crippen LogP contribution in [0.25, 0.3) is 11.4 Å². The van der Waals surface area contributed by atoms with E-state index in [1.807, 2.05) is 44.3 Å². The lowest BCUT2D eigenvalue weighted by molar-refractivity contribution is 0.340. The number of nitrogens with one attached hydrogen (secondary N) is 1. The van der Waals surface area contributed by atoms with E-state index in [2.05, 4.69) is 15.3 Å². The van der Waals surface area contributed by atoms with Gasteiger partial charge in [-0.15, -0.1) is 0 Å². The molecule has 88 valence electrons. The summed E-state index contributed by atoms with van der Waals surface area (Å²) in [5.41, 5.74) is 0.952. The molecule has 0 spiro atoms. The molecule has 0 bridgehead atoms. The van der Waals surface area contributed by atoms with E-state index in [4.69, 9.17) is 4.74 Å². The van der Waals surface area contributed by atoms with Crippen LogP contribution in [0, 0.1) is 0 Å². The van der Waals surface area contributed by atoms with Gasteiger partial charge in [-0.05, 0) is 25.1 Å². The van der Waals surface area contributed by atoms with Crippen LogP contribution in [0.3, 0.4) is 0 Å². The lowest BCUT2D eigenvalue weighted by Crippen LogP contribution is -1.96. The summed E-state index contributed by atoms with van der Waals surface area (Å²) >= 11 is 0. The van der Waals surface area contributed by atoms with Crippen LogP contribution in [0.5, 0.6) is 5.75 Å². The average molecular weight is 229 g/mol. The van der Waals surface area contributed by atoms with Gasteiger partial charge < -0.3 is 10.1 Å². The Kier molecular flexibility index (Phi) is 3.55. The zero-order chi connectivity index (χ0) is 12.1. The van der Waals surface area contributed by atoms with E-state index in [9.17, 15) is 0 Å². The quantitative estimate of drug-likeness (QED) is 0.875. The first-order chi connectivity index (χ1) is 8.33. The molecule has 0 fully saturated rings.